The van der Waals surface area contributed by atoms with Crippen LogP contribution in [0.1, 0.15) is 69.5 Å². The van der Waals surface area contributed by atoms with Crippen molar-refractivity contribution in [1.82, 2.24) is 15.5 Å². The summed E-state index contributed by atoms with van der Waals surface area (Å²) >= 11 is 0. The first-order valence-electron chi connectivity index (χ1n) is 11.9. The summed E-state index contributed by atoms with van der Waals surface area (Å²) in [6.45, 7) is 3.95. The standard InChI is InChI=1S/C26H32N4O2/c1-16(2)31-24-14-11-17(15-22(24)27)26-29-25(30-32-26)21-10-6-9-20-19(21)12-13-23(20)28-18-7-4-3-5-8-18/h6,9-11,14-16,18,23,28H,3-5,7-8,12-13,27H2,1-2H3. The molecule has 32 heavy (non-hydrogen) atoms. The summed E-state index contributed by atoms with van der Waals surface area (Å²) in [7, 11) is 0. The Morgan fingerprint density at radius 2 is 1.94 bits per heavy atom. The van der Waals surface area contributed by atoms with E-state index in [1.165, 1.54) is 43.2 Å². The van der Waals surface area contributed by atoms with Gasteiger partial charge in [-0.2, -0.15) is 4.98 Å². The molecule has 1 atom stereocenters. The molecule has 3 aromatic rings. The molecule has 1 heterocycles. The molecule has 1 aromatic heterocycles. The molecule has 0 amide bonds. The fourth-order valence-corrected chi connectivity index (χ4v) is 5.08. The quantitative estimate of drug-likeness (QED) is 0.487. The van der Waals surface area contributed by atoms with Crippen molar-refractivity contribution in [2.75, 3.05) is 5.73 Å². The summed E-state index contributed by atoms with van der Waals surface area (Å²) in [4.78, 5) is 4.71. The summed E-state index contributed by atoms with van der Waals surface area (Å²) in [5.41, 5.74) is 11.3. The fourth-order valence-electron chi connectivity index (χ4n) is 5.08. The third-order valence-electron chi connectivity index (χ3n) is 6.60. The minimum absolute atomic E-state index is 0.0646. The second-order valence-electron chi connectivity index (χ2n) is 9.31. The molecule has 0 spiro atoms. The SMILES string of the molecule is CC(C)Oc1ccc(-c2nc(-c3cccc4c3CCC4NC3CCCCC3)no2)cc1N. The monoisotopic (exact) mass is 432 g/mol. The van der Waals surface area contributed by atoms with E-state index < -0.39 is 0 Å². The normalized spacial score (nSPS) is 18.8. The lowest BCUT2D eigenvalue weighted by atomic mass is 9.94. The Morgan fingerprint density at radius 3 is 2.72 bits per heavy atom. The molecule has 2 aliphatic carbocycles. The number of nitrogens with zero attached hydrogens (tertiary/aromatic N) is 2. The number of nitrogens with one attached hydrogen (secondary N) is 1. The highest BCUT2D eigenvalue weighted by Gasteiger charge is 2.28. The van der Waals surface area contributed by atoms with Crippen molar-refractivity contribution in [3.05, 3.63) is 47.5 Å². The number of benzene rings is 2. The second-order valence-corrected chi connectivity index (χ2v) is 9.31. The van der Waals surface area contributed by atoms with Crippen molar-refractivity contribution in [3.63, 3.8) is 0 Å². The van der Waals surface area contributed by atoms with Crippen molar-refractivity contribution in [1.29, 1.82) is 0 Å². The summed E-state index contributed by atoms with van der Waals surface area (Å²) in [6, 6.07) is 13.1. The Kier molecular flexibility index (Phi) is 5.87. The highest BCUT2D eigenvalue weighted by Crippen LogP contribution is 2.38. The van der Waals surface area contributed by atoms with Gasteiger partial charge in [-0.25, -0.2) is 0 Å². The summed E-state index contributed by atoms with van der Waals surface area (Å²) in [5.74, 6) is 1.77. The van der Waals surface area contributed by atoms with Crippen LogP contribution in [0.5, 0.6) is 5.75 Å². The molecule has 0 aliphatic heterocycles. The fraction of sp³-hybridized carbons (Fsp3) is 0.462. The first-order valence-corrected chi connectivity index (χ1v) is 11.9. The molecule has 168 valence electrons. The van der Waals surface area contributed by atoms with Gasteiger partial charge < -0.3 is 20.3 Å². The van der Waals surface area contributed by atoms with Gasteiger partial charge in [0.05, 0.1) is 11.8 Å². The molecule has 2 aromatic carbocycles. The molecule has 0 bridgehead atoms. The average molecular weight is 433 g/mol. The van der Waals surface area contributed by atoms with Gasteiger partial charge in [0.2, 0.25) is 5.82 Å². The van der Waals surface area contributed by atoms with Crippen molar-refractivity contribution in [2.24, 2.45) is 0 Å². The van der Waals surface area contributed by atoms with Gasteiger partial charge in [0.1, 0.15) is 5.75 Å². The van der Waals surface area contributed by atoms with Crippen LogP contribution in [0.15, 0.2) is 40.9 Å². The molecule has 0 saturated heterocycles. The Hall–Kier alpha value is -2.86. The number of hydrogen-bond donors (Lipinski definition) is 2. The van der Waals surface area contributed by atoms with E-state index in [4.69, 9.17) is 20.0 Å². The topological polar surface area (TPSA) is 86.2 Å². The van der Waals surface area contributed by atoms with Crippen LogP contribution < -0.4 is 15.8 Å². The molecular weight excluding hydrogens is 400 g/mol. The predicted octanol–water partition coefficient (Wildman–Crippen LogP) is 5.68. The van der Waals surface area contributed by atoms with Gasteiger partial charge in [-0.05, 0) is 68.9 Å². The van der Waals surface area contributed by atoms with E-state index >= 15 is 0 Å². The van der Waals surface area contributed by atoms with Crippen LogP contribution >= 0.6 is 0 Å². The van der Waals surface area contributed by atoms with E-state index in [1.807, 2.05) is 32.0 Å². The van der Waals surface area contributed by atoms with Crippen LogP contribution in [0.25, 0.3) is 22.8 Å². The van der Waals surface area contributed by atoms with Gasteiger partial charge in [-0.3, -0.25) is 0 Å². The highest BCUT2D eigenvalue weighted by atomic mass is 16.5. The minimum Gasteiger partial charge on any atom is -0.489 e. The summed E-state index contributed by atoms with van der Waals surface area (Å²) in [5, 5.41) is 8.22. The van der Waals surface area contributed by atoms with Crippen molar-refractivity contribution < 1.29 is 9.26 Å². The maximum Gasteiger partial charge on any atom is 0.258 e. The van der Waals surface area contributed by atoms with Crippen LogP contribution in [-0.2, 0) is 6.42 Å². The molecule has 6 nitrogen and oxygen atoms in total. The Labute approximate surface area is 189 Å². The first-order chi connectivity index (χ1) is 15.6. The molecule has 0 radical (unpaired) electrons. The highest BCUT2D eigenvalue weighted by molar-refractivity contribution is 5.69. The number of anilines is 1. The predicted molar refractivity (Wildman–Crippen MR) is 126 cm³/mol. The Bertz CT molecular complexity index is 1090. The Morgan fingerprint density at radius 1 is 1.09 bits per heavy atom. The maximum absolute atomic E-state index is 6.17. The zero-order chi connectivity index (χ0) is 22.1. The van der Waals surface area contributed by atoms with Gasteiger partial charge in [0, 0.05) is 23.2 Å². The first kappa shape index (κ1) is 21.0. The largest absolute Gasteiger partial charge is 0.489 e. The van der Waals surface area contributed by atoms with Crippen molar-refractivity contribution >= 4 is 5.69 Å². The number of aromatic nitrogens is 2. The lowest BCUT2D eigenvalue weighted by Gasteiger charge is -2.27. The lowest BCUT2D eigenvalue weighted by Crippen LogP contribution is -2.33. The van der Waals surface area contributed by atoms with E-state index in [0.29, 0.717) is 35.2 Å². The summed E-state index contributed by atoms with van der Waals surface area (Å²) < 4.78 is 11.3. The average Bonchev–Trinajstić information content (AvgIpc) is 3.43. The van der Waals surface area contributed by atoms with E-state index in [2.05, 4.69) is 28.7 Å². The summed E-state index contributed by atoms with van der Waals surface area (Å²) in [6.07, 6.45) is 8.89. The number of fused-ring (bicyclic) bond motifs is 1. The van der Waals surface area contributed by atoms with Crippen LogP contribution in [0.3, 0.4) is 0 Å². The van der Waals surface area contributed by atoms with Crippen LogP contribution in [-0.4, -0.2) is 22.3 Å². The number of nitrogens with two attached hydrogens (primary N) is 1. The van der Waals surface area contributed by atoms with Crippen LogP contribution in [0.4, 0.5) is 5.69 Å². The van der Waals surface area contributed by atoms with Crippen molar-refractivity contribution in [2.45, 2.75) is 77.0 Å². The van der Waals surface area contributed by atoms with E-state index in [0.717, 1.165) is 24.0 Å². The molecule has 2 aliphatic rings. The van der Waals surface area contributed by atoms with E-state index in [-0.39, 0.29) is 6.10 Å². The number of rotatable bonds is 6. The van der Waals surface area contributed by atoms with E-state index in [1.54, 1.807) is 0 Å². The third-order valence-corrected chi connectivity index (χ3v) is 6.60. The molecule has 6 heteroatoms. The van der Waals surface area contributed by atoms with Crippen molar-refractivity contribution in [3.8, 4) is 28.6 Å². The molecule has 1 unspecified atom stereocenters. The zero-order valence-corrected chi connectivity index (χ0v) is 18.9. The van der Waals surface area contributed by atoms with Gasteiger partial charge >= 0.3 is 0 Å². The molecule has 5 rings (SSSR count). The van der Waals surface area contributed by atoms with E-state index in [9.17, 15) is 0 Å². The maximum atomic E-state index is 6.17. The van der Waals surface area contributed by atoms with Gasteiger partial charge in [-0.15, -0.1) is 0 Å². The third kappa shape index (κ3) is 4.24. The Balaban J connectivity index is 1.38. The lowest BCUT2D eigenvalue weighted by molar-refractivity contribution is 0.244. The van der Waals surface area contributed by atoms with Crippen LogP contribution in [0.2, 0.25) is 0 Å². The van der Waals surface area contributed by atoms with Gasteiger partial charge in [0.15, 0.2) is 0 Å². The number of ether oxygens (including phenoxy) is 1. The van der Waals surface area contributed by atoms with Crippen LogP contribution in [0, 0.1) is 0 Å². The molecule has 3 N–H and O–H groups in total. The molecule has 1 saturated carbocycles. The minimum atomic E-state index is 0.0646. The zero-order valence-electron chi connectivity index (χ0n) is 18.9. The van der Waals surface area contributed by atoms with Gasteiger partial charge in [0.25, 0.3) is 5.89 Å². The number of nitrogen functional groups attached to an aromatic ring is 1. The molecule has 1 fully saturated rings. The van der Waals surface area contributed by atoms with Gasteiger partial charge in [-0.1, -0.05) is 42.6 Å². The second kappa shape index (κ2) is 8.94. The number of hydrogen-bond acceptors (Lipinski definition) is 6. The molecular formula is C26H32N4O2. The smallest absolute Gasteiger partial charge is 0.258 e.